The molecule has 0 atom stereocenters. The molecule has 6 nitrogen and oxygen atoms in total. The fourth-order valence-electron chi connectivity index (χ4n) is 1.61. The zero-order chi connectivity index (χ0) is 10.1. The number of aliphatic carboxylic acids is 1. The first-order valence-corrected chi connectivity index (χ1v) is 5.45. The van der Waals surface area contributed by atoms with Crippen LogP contribution in [0.25, 0.3) is 0 Å². The Morgan fingerprint density at radius 3 is 2.15 bits per heavy atom. The van der Waals surface area contributed by atoms with Crippen molar-refractivity contribution in [1.82, 2.24) is 4.72 Å². The number of hydrogen-bond acceptors (Lipinski definition) is 3. The molecule has 0 radical (unpaired) electrons. The van der Waals surface area contributed by atoms with Crippen molar-refractivity contribution in [1.29, 1.82) is 0 Å². The highest BCUT2D eigenvalue weighted by atomic mass is 32.2. The molecule has 0 aromatic rings. The second-order valence-electron chi connectivity index (χ2n) is 3.24. The predicted molar refractivity (Wildman–Crippen MR) is 45.1 cm³/mol. The van der Waals surface area contributed by atoms with E-state index in [1.54, 1.807) is 0 Å². The third-order valence-corrected chi connectivity index (χ3v) is 2.88. The van der Waals surface area contributed by atoms with E-state index in [4.69, 9.17) is 10.2 Å². The van der Waals surface area contributed by atoms with Gasteiger partial charge in [0.25, 0.3) is 10.2 Å². The van der Waals surface area contributed by atoms with Gasteiger partial charge in [0.05, 0.1) is 0 Å². The molecule has 7 heteroatoms. The predicted octanol–water partition coefficient (Wildman–Crippen LogP) is -0.823. The highest BCUT2D eigenvalue weighted by Gasteiger charge is 2.43. The molecule has 0 amide bonds. The summed E-state index contributed by atoms with van der Waals surface area (Å²) in [6, 6.07) is 0. The lowest BCUT2D eigenvalue weighted by Crippen LogP contribution is -2.54. The first kappa shape index (κ1) is 10.4. The van der Waals surface area contributed by atoms with E-state index in [-0.39, 0.29) is 0 Å². The smallest absolute Gasteiger partial charge is 0.324 e. The van der Waals surface area contributed by atoms with Gasteiger partial charge in [-0.15, -0.1) is 0 Å². The average Bonchev–Trinajstić information content (AvgIpc) is 2.33. The monoisotopic (exact) mass is 208 g/mol. The molecule has 0 bridgehead atoms. The zero-order valence-electron chi connectivity index (χ0n) is 6.99. The van der Waals surface area contributed by atoms with Crippen LogP contribution in [0.1, 0.15) is 25.7 Å². The Bertz CT molecular complexity index is 305. The molecule has 0 aliphatic heterocycles. The van der Waals surface area contributed by atoms with E-state index in [1.807, 2.05) is 4.72 Å². The van der Waals surface area contributed by atoms with Gasteiger partial charge < -0.3 is 5.11 Å². The van der Waals surface area contributed by atoms with E-state index in [0.717, 1.165) is 0 Å². The van der Waals surface area contributed by atoms with Gasteiger partial charge in [-0.25, -0.2) is 5.14 Å². The van der Waals surface area contributed by atoms with Crippen LogP contribution in [0.15, 0.2) is 0 Å². The van der Waals surface area contributed by atoms with E-state index < -0.39 is 21.7 Å². The molecule has 13 heavy (non-hydrogen) atoms. The van der Waals surface area contributed by atoms with Crippen molar-refractivity contribution in [2.24, 2.45) is 5.14 Å². The molecular weight excluding hydrogens is 196 g/mol. The average molecular weight is 208 g/mol. The van der Waals surface area contributed by atoms with Gasteiger partial charge in [0.15, 0.2) is 0 Å². The maximum atomic E-state index is 10.8. The van der Waals surface area contributed by atoms with Crippen LogP contribution in [-0.2, 0) is 15.0 Å². The molecule has 0 spiro atoms. The van der Waals surface area contributed by atoms with Gasteiger partial charge in [-0.2, -0.15) is 13.1 Å². The first-order chi connectivity index (χ1) is 5.86. The molecule has 1 fully saturated rings. The van der Waals surface area contributed by atoms with E-state index in [0.29, 0.717) is 25.7 Å². The molecule has 1 aliphatic carbocycles. The van der Waals surface area contributed by atoms with Crippen molar-refractivity contribution in [3.05, 3.63) is 0 Å². The summed E-state index contributed by atoms with van der Waals surface area (Å²) in [5.74, 6) is -1.15. The Labute approximate surface area is 76.3 Å². The molecule has 4 N–H and O–H groups in total. The van der Waals surface area contributed by atoms with Crippen molar-refractivity contribution in [2.45, 2.75) is 31.2 Å². The molecule has 1 saturated carbocycles. The van der Waals surface area contributed by atoms with Gasteiger partial charge in [0, 0.05) is 0 Å². The summed E-state index contributed by atoms with van der Waals surface area (Å²) >= 11 is 0. The van der Waals surface area contributed by atoms with Crippen molar-refractivity contribution < 1.29 is 18.3 Å². The molecular formula is C6H12N2O4S. The minimum Gasteiger partial charge on any atom is -0.480 e. The normalized spacial score (nSPS) is 21.6. The standard InChI is InChI=1S/C6H12N2O4S/c7-13(11,12)8-6(5(9)10)3-1-2-4-6/h8H,1-4H2,(H,9,10)(H2,7,11,12). The van der Waals surface area contributed by atoms with Crippen LogP contribution < -0.4 is 9.86 Å². The summed E-state index contributed by atoms with van der Waals surface area (Å²) in [7, 11) is -3.94. The Balaban J connectivity index is 2.86. The van der Waals surface area contributed by atoms with Gasteiger partial charge in [-0.05, 0) is 12.8 Å². The Hall–Kier alpha value is -0.660. The quantitative estimate of drug-likeness (QED) is 0.562. The lowest BCUT2D eigenvalue weighted by atomic mass is 10.0. The summed E-state index contributed by atoms with van der Waals surface area (Å²) in [5.41, 5.74) is -1.37. The van der Waals surface area contributed by atoms with Crippen LogP contribution in [0.4, 0.5) is 0 Å². The number of carboxylic acid groups (broad SMARTS) is 1. The highest BCUT2D eigenvalue weighted by molar-refractivity contribution is 7.87. The van der Waals surface area contributed by atoms with Crippen LogP contribution in [-0.4, -0.2) is 25.0 Å². The molecule has 0 unspecified atom stereocenters. The topological polar surface area (TPSA) is 109 Å². The van der Waals surface area contributed by atoms with Crippen LogP contribution in [0.5, 0.6) is 0 Å². The second kappa shape index (κ2) is 3.24. The fraction of sp³-hybridized carbons (Fsp3) is 0.833. The van der Waals surface area contributed by atoms with Crippen LogP contribution >= 0.6 is 0 Å². The molecule has 76 valence electrons. The van der Waals surface area contributed by atoms with Crippen LogP contribution in [0, 0.1) is 0 Å². The summed E-state index contributed by atoms with van der Waals surface area (Å²) in [4.78, 5) is 10.8. The lowest BCUT2D eigenvalue weighted by molar-refractivity contribution is -0.143. The summed E-state index contributed by atoms with van der Waals surface area (Å²) in [5, 5.41) is 13.6. The van der Waals surface area contributed by atoms with Gasteiger partial charge in [-0.1, -0.05) is 12.8 Å². The van der Waals surface area contributed by atoms with Gasteiger partial charge in [0.1, 0.15) is 5.54 Å². The minimum absolute atomic E-state index is 0.304. The van der Waals surface area contributed by atoms with Gasteiger partial charge >= 0.3 is 5.97 Å². The van der Waals surface area contributed by atoms with Gasteiger partial charge in [-0.3, -0.25) is 4.79 Å². The Morgan fingerprint density at radius 1 is 1.38 bits per heavy atom. The molecule has 0 aromatic carbocycles. The van der Waals surface area contributed by atoms with Crippen molar-refractivity contribution in [2.75, 3.05) is 0 Å². The van der Waals surface area contributed by atoms with E-state index >= 15 is 0 Å². The maximum Gasteiger partial charge on any atom is 0.324 e. The van der Waals surface area contributed by atoms with Crippen molar-refractivity contribution in [3.63, 3.8) is 0 Å². The summed E-state index contributed by atoms with van der Waals surface area (Å²) in [6.07, 6.45) is 2.02. The largest absolute Gasteiger partial charge is 0.480 e. The SMILES string of the molecule is NS(=O)(=O)NC1(C(=O)O)CCCC1. The Kier molecular flexibility index (Phi) is 2.60. The first-order valence-electron chi connectivity index (χ1n) is 3.91. The lowest BCUT2D eigenvalue weighted by Gasteiger charge is -2.23. The van der Waals surface area contributed by atoms with Crippen LogP contribution in [0.3, 0.4) is 0 Å². The Morgan fingerprint density at radius 2 is 1.85 bits per heavy atom. The second-order valence-corrected chi connectivity index (χ2v) is 4.54. The molecule has 0 heterocycles. The van der Waals surface area contributed by atoms with E-state index in [1.165, 1.54) is 0 Å². The number of rotatable bonds is 3. The third-order valence-electron chi connectivity index (χ3n) is 2.20. The molecule has 0 saturated heterocycles. The van der Waals surface area contributed by atoms with Crippen molar-refractivity contribution in [3.8, 4) is 0 Å². The summed E-state index contributed by atoms with van der Waals surface area (Å²) in [6.45, 7) is 0. The maximum absolute atomic E-state index is 10.8. The zero-order valence-corrected chi connectivity index (χ0v) is 7.80. The summed E-state index contributed by atoms with van der Waals surface area (Å²) < 4.78 is 23.4. The number of carbonyl (C=O) groups is 1. The number of hydrogen-bond donors (Lipinski definition) is 3. The minimum atomic E-state index is -3.94. The van der Waals surface area contributed by atoms with Crippen molar-refractivity contribution >= 4 is 16.2 Å². The van der Waals surface area contributed by atoms with E-state index in [2.05, 4.69) is 0 Å². The van der Waals surface area contributed by atoms with Gasteiger partial charge in [0.2, 0.25) is 0 Å². The number of nitrogens with two attached hydrogens (primary N) is 1. The highest BCUT2D eigenvalue weighted by Crippen LogP contribution is 2.30. The number of carboxylic acids is 1. The molecule has 1 rings (SSSR count). The third kappa shape index (κ3) is 2.39. The van der Waals surface area contributed by atoms with Crippen LogP contribution in [0.2, 0.25) is 0 Å². The molecule has 1 aliphatic rings. The number of nitrogens with one attached hydrogen (secondary N) is 1. The molecule has 0 aromatic heterocycles. The fourth-order valence-corrected chi connectivity index (χ4v) is 2.45. The van der Waals surface area contributed by atoms with E-state index in [9.17, 15) is 13.2 Å².